The Labute approximate surface area is 111 Å². The van der Waals surface area contributed by atoms with Gasteiger partial charge in [0.15, 0.2) is 0 Å². The summed E-state index contributed by atoms with van der Waals surface area (Å²) in [5, 5.41) is 6.01. The van der Waals surface area contributed by atoms with E-state index in [1.54, 1.807) is 23.4 Å². The number of carbonyl (C=O) groups is 1. The first-order valence-corrected chi connectivity index (χ1v) is 6.35. The number of esters is 1. The maximum absolute atomic E-state index is 13.0. The summed E-state index contributed by atoms with van der Waals surface area (Å²) >= 11 is 0. The highest BCUT2D eigenvalue weighted by Crippen LogP contribution is 2.18. The van der Waals surface area contributed by atoms with Gasteiger partial charge in [-0.2, -0.15) is 5.10 Å². The lowest BCUT2D eigenvalue weighted by Crippen LogP contribution is -2.42. The summed E-state index contributed by atoms with van der Waals surface area (Å²) in [6.45, 7) is 0.714. The first kappa shape index (κ1) is 13.5. The summed E-state index contributed by atoms with van der Waals surface area (Å²) < 4.78 is 17.8. The molecule has 1 aliphatic heterocycles. The molecule has 1 heterocycles. The van der Waals surface area contributed by atoms with Gasteiger partial charge in [0.2, 0.25) is 0 Å². The van der Waals surface area contributed by atoms with Gasteiger partial charge in [-0.15, -0.1) is 0 Å². The molecule has 1 aromatic rings. The van der Waals surface area contributed by atoms with Gasteiger partial charge in [-0.25, -0.2) is 9.18 Å². The summed E-state index contributed by atoms with van der Waals surface area (Å²) in [6, 6.07) is 5.85. The van der Waals surface area contributed by atoms with Crippen molar-refractivity contribution in [2.24, 2.45) is 5.10 Å². The molecule has 1 aliphatic rings. The van der Waals surface area contributed by atoms with Crippen LogP contribution in [0.4, 0.5) is 4.39 Å². The lowest BCUT2D eigenvalue weighted by atomic mass is 10.0. The summed E-state index contributed by atoms with van der Waals surface area (Å²) in [5.74, 6) is -0.566. The molecule has 1 aromatic carbocycles. The third-order valence-electron chi connectivity index (χ3n) is 3.15. The van der Waals surface area contributed by atoms with Gasteiger partial charge in [0.25, 0.3) is 0 Å². The van der Waals surface area contributed by atoms with Crippen LogP contribution in [-0.4, -0.2) is 36.9 Å². The molecule has 5 heteroatoms. The van der Waals surface area contributed by atoms with Crippen molar-refractivity contribution in [1.29, 1.82) is 0 Å². The Balaban J connectivity index is 2.09. The van der Waals surface area contributed by atoms with Crippen molar-refractivity contribution in [2.45, 2.75) is 25.3 Å². The van der Waals surface area contributed by atoms with Crippen molar-refractivity contribution >= 4 is 12.2 Å². The van der Waals surface area contributed by atoms with E-state index in [9.17, 15) is 9.18 Å². The van der Waals surface area contributed by atoms with Crippen LogP contribution in [0.5, 0.6) is 0 Å². The van der Waals surface area contributed by atoms with Crippen LogP contribution in [0, 0.1) is 5.82 Å². The molecule has 19 heavy (non-hydrogen) atoms. The predicted molar refractivity (Wildman–Crippen MR) is 70.4 cm³/mol. The number of hydrogen-bond acceptors (Lipinski definition) is 4. The van der Waals surface area contributed by atoms with E-state index in [-0.39, 0.29) is 17.8 Å². The Kier molecular flexibility index (Phi) is 4.49. The largest absolute Gasteiger partial charge is 0.467 e. The molecule has 1 atom stereocenters. The molecule has 1 fully saturated rings. The minimum absolute atomic E-state index is 0.268. The van der Waals surface area contributed by atoms with Crippen molar-refractivity contribution in [3.05, 3.63) is 35.6 Å². The van der Waals surface area contributed by atoms with E-state index in [1.807, 2.05) is 0 Å². The molecular formula is C14H17FN2O2. The Morgan fingerprint density at radius 2 is 2.37 bits per heavy atom. The van der Waals surface area contributed by atoms with E-state index < -0.39 is 0 Å². The van der Waals surface area contributed by atoms with Crippen LogP contribution in [0.2, 0.25) is 0 Å². The van der Waals surface area contributed by atoms with Gasteiger partial charge in [-0.05, 0) is 37.0 Å². The number of methoxy groups -OCH3 is 1. The van der Waals surface area contributed by atoms with Crippen molar-refractivity contribution < 1.29 is 13.9 Å². The van der Waals surface area contributed by atoms with Crippen molar-refractivity contribution in [1.82, 2.24) is 5.01 Å². The third-order valence-corrected chi connectivity index (χ3v) is 3.15. The number of halogens is 1. The third kappa shape index (κ3) is 3.53. The molecule has 0 N–H and O–H groups in total. The molecule has 0 aliphatic carbocycles. The quantitative estimate of drug-likeness (QED) is 0.620. The first-order chi connectivity index (χ1) is 9.20. The zero-order valence-corrected chi connectivity index (χ0v) is 10.9. The Bertz CT molecular complexity index is 476. The molecular weight excluding hydrogens is 247 g/mol. The molecule has 4 nitrogen and oxygen atoms in total. The normalized spacial score (nSPS) is 19.7. The molecule has 0 bridgehead atoms. The van der Waals surface area contributed by atoms with E-state index in [0.717, 1.165) is 19.3 Å². The second-order valence-corrected chi connectivity index (χ2v) is 4.50. The van der Waals surface area contributed by atoms with E-state index in [2.05, 4.69) is 5.10 Å². The predicted octanol–water partition coefficient (Wildman–Crippen LogP) is 2.19. The average Bonchev–Trinajstić information content (AvgIpc) is 2.45. The maximum Gasteiger partial charge on any atom is 0.330 e. The Morgan fingerprint density at radius 3 is 3.11 bits per heavy atom. The SMILES string of the molecule is COC(=O)[C@@H]1CCCCN1N=Cc1cccc(F)c1. The molecule has 0 spiro atoms. The van der Waals surface area contributed by atoms with Crippen molar-refractivity contribution in [2.75, 3.05) is 13.7 Å². The van der Waals surface area contributed by atoms with E-state index in [4.69, 9.17) is 4.74 Å². The Morgan fingerprint density at radius 1 is 1.53 bits per heavy atom. The standard InChI is InChI=1S/C14H17FN2O2/c1-19-14(18)13-7-2-3-8-17(13)16-10-11-5-4-6-12(15)9-11/h4-6,9-10,13H,2-3,7-8H2,1H3/t13-/m0/s1. The number of hydrazone groups is 1. The number of hydrogen-bond donors (Lipinski definition) is 0. The number of benzene rings is 1. The minimum atomic E-state index is -0.330. The number of rotatable bonds is 3. The molecule has 0 amide bonds. The van der Waals surface area contributed by atoms with Crippen LogP contribution in [0.25, 0.3) is 0 Å². The number of carbonyl (C=O) groups excluding carboxylic acids is 1. The smallest absolute Gasteiger partial charge is 0.330 e. The van der Waals surface area contributed by atoms with E-state index in [1.165, 1.54) is 19.2 Å². The summed E-state index contributed by atoms with van der Waals surface area (Å²) in [6.07, 6.45) is 4.30. The zero-order valence-electron chi connectivity index (χ0n) is 10.9. The second-order valence-electron chi connectivity index (χ2n) is 4.50. The van der Waals surface area contributed by atoms with Gasteiger partial charge < -0.3 is 4.74 Å². The van der Waals surface area contributed by atoms with Gasteiger partial charge in [0, 0.05) is 6.54 Å². The van der Waals surface area contributed by atoms with Gasteiger partial charge in [0.05, 0.1) is 13.3 Å². The van der Waals surface area contributed by atoms with Crippen LogP contribution in [0.15, 0.2) is 29.4 Å². The van der Waals surface area contributed by atoms with Gasteiger partial charge in [0.1, 0.15) is 11.9 Å². The number of piperidine rings is 1. The number of ether oxygens (including phenoxy) is 1. The molecule has 0 aromatic heterocycles. The highest BCUT2D eigenvalue weighted by atomic mass is 19.1. The molecule has 102 valence electrons. The lowest BCUT2D eigenvalue weighted by molar-refractivity contribution is -0.148. The summed E-state index contributed by atoms with van der Waals surface area (Å²) in [5.41, 5.74) is 0.675. The Hall–Kier alpha value is -1.91. The molecule has 0 radical (unpaired) electrons. The summed E-state index contributed by atoms with van der Waals surface area (Å²) in [7, 11) is 1.38. The fraction of sp³-hybridized carbons (Fsp3) is 0.429. The topological polar surface area (TPSA) is 41.9 Å². The van der Waals surface area contributed by atoms with E-state index in [0.29, 0.717) is 12.1 Å². The monoisotopic (exact) mass is 264 g/mol. The van der Waals surface area contributed by atoms with Crippen LogP contribution < -0.4 is 0 Å². The first-order valence-electron chi connectivity index (χ1n) is 6.35. The fourth-order valence-corrected chi connectivity index (χ4v) is 2.16. The second kappa shape index (κ2) is 6.31. The fourth-order valence-electron chi connectivity index (χ4n) is 2.16. The van der Waals surface area contributed by atoms with Crippen LogP contribution >= 0.6 is 0 Å². The van der Waals surface area contributed by atoms with Crippen LogP contribution in [-0.2, 0) is 9.53 Å². The molecule has 2 rings (SSSR count). The van der Waals surface area contributed by atoms with Gasteiger partial charge in [-0.1, -0.05) is 12.1 Å². The summed E-state index contributed by atoms with van der Waals surface area (Å²) in [4.78, 5) is 11.6. The van der Waals surface area contributed by atoms with Crippen molar-refractivity contribution in [3.63, 3.8) is 0 Å². The van der Waals surface area contributed by atoms with Crippen molar-refractivity contribution in [3.8, 4) is 0 Å². The van der Waals surface area contributed by atoms with E-state index >= 15 is 0 Å². The lowest BCUT2D eigenvalue weighted by Gasteiger charge is -2.31. The van der Waals surface area contributed by atoms with Crippen LogP contribution in [0.3, 0.4) is 0 Å². The zero-order chi connectivity index (χ0) is 13.7. The molecule has 1 saturated heterocycles. The highest BCUT2D eigenvalue weighted by molar-refractivity contribution is 5.80. The maximum atomic E-state index is 13.0. The van der Waals surface area contributed by atoms with Crippen LogP contribution in [0.1, 0.15) is 24.8 Å². The molecule has 0 unspecified atom stereocenters. The highest BCUT2D eigenvalue weighted by Gasteiger charge is 2.28. The molecule has 0 saturated carbocycles. The van der Waals surface area contributed by atoms with Gasteiger partial charge >= 0.3 is 5.97 Å². The average molecular weight is 264 g/mol. The minimum Gasteiger partial charge on any atom is -0.467 e. The number of nitrogens with zero attached hydrogens (tertiary/aromatic N) is 2. The van der Waals surface area contributed by atoms with Gasteiger partial charge in [-0.3, -0.25) is 5.01 Å².